The van der Waals surface area contributed by atoms with Crippen LogP contribution in [0.25, 0.3) is 0 Å². The Morgan fingerprint density at radius 1 is 0.935 bits per heavy atom. The summed E-state index contributed by atoms with van der Waals surface area (Å²) in [6.07, 6.45) is 9.11. The van der Waals surface area contributed by atoms with E-state index in [9.17, 15) is 5.26 Å². The number of hydrogen-bond acceptors (Lipinski definition) is 1. The van der Waals surface area contributed by atoms with Gasteiger partial charge in [-0.15, -0.1) is 0 Å². The maximum atomic E-state index is 9.30. The normalized spacial score (nSPS) is 15.5. The zero-order chi connectivity index (χ0) is 21.5. The third-order valence-corrected chi connectivity index (χ3v) is 6.60. The molecule has 2 aromatic carbocycles. The lowest BCUT2D eigenvalue weighted by molar-refractivity contribution is -0.931. The Balaban J connectivity index is 1.51. The van der Waals surface area contributed by atoms with Gasteiger partial charge in [0.05, 0.1) is 23.9 Å². The summed E-state index contributed by atoms with van der Waals surface area (Å²) in [7, 11) is 0. The number of nitrogens with one attached hydrogen (secondary N) is 1. The van der Waals surface area contributed by atoms with Gasteiger partial charge in [-0.05, 0) is 49.6 Å². The largest absolute Gasteiger partial charge is 0.342 e. The van der Waals surface area contributed by atoms with Crippen LogP contribution in [0, 0.1) is 24.2 Å². The van der Waals surface area contributed by atoms with Crippen molar-refractivity contribution < 1.29 is 4.90 Å². The van der Waals surface area contributed by atoms with E-state index < -0.39 is 0 Å². The fraction of sp³-hybridized carbons (Fsp3) is 0.393. The number of hydrogen-bond donors (Lipinski definition) is 1. The second-order valence-corrected chi connectivity index (χ2v) is 9.24. The number of nitriles is 1. The molecule has 3 heteroatoms. The van der Waals surface area contributed by atoms with Gasteiger partial charge in [0.2, 0.25) is 0 Å². The topological polar surface area (TPSA) is 33.2 Å². The van der Waals surface area contributed by atoms with E-state index in [1.54, 1.807) is 4.90 Å². The van der Waals surface area contributed by atoms with Gasteiger partial charge in [0.1, 0.15) is 13.1 Å². The zero-order valence-electron chi connectivity index (χ0n) is 18.7. The molecule has 1 aromatic heterocycles. The van der Waals surface area contributed by atoms with Crippen LogP contribution in [-0.4, -0.2) is 11.1 Å². The molecule has 1 N–H and O–H groups in total. The van der Waals surface area contributed by atoms with Gasteiger partial charge in [0.25, 0.3) is 0 Å². The number of aromatic nitrogens is 1. The Morgan fingerprint density at radius 2 is 1.74 bits per heavy atom. The molecule has 1 aliphatic rings. The molecular formula is C28H34N3+. The highest BCUT2D eigenvalue weighted by molar-refractivity contribution is 5.32. The van der Waals surface area contributed by atoms with Crippen molar-refractivity contribution in [2.24, 2.45) is 5.92 Å². The molecular weight excluding hydrogens is 378 g/mol. The van der Waals surface area contributed by atoms with Crippen molar-refractivity contribution in [1.29, 1.82) is 5.26 Å². The first-order valence-electron chi connectivity index (χ1n) is 11.7. The van der Waals surface area contributed by atoms with Crippen LogP contribution in [-0.2, 0) is 19.6 Å². The third-order valence-electron chi connectivity index (χ3n) is 6.60. The summed E-state index contributed by atoms with van der Waals surface area (Å²) >= 11 is 0. The van der Waals surface area contributed by atoms with Gasteiger partial charge in [0.15, 0.2) is 0 Å². The molecule has 1 aliphatic carbocycles. The summed E-state index contributed by atoms with van der Waals surface area (Å²) in [6.45, 7) is 6.29. The van der Waals surface area contributed by atoms with Crippen molar-refractivity contribution in [1.82, 2.24) is 4.57 Å². The predicted molar refractivity (Wildman–Crippen MR) is 126 cm³/mol. The predicted octanol–water partition coefficient (Wildman–Crippen LogP) is 4.88. The molecule has 3 aromatic rings. The molecule has 0 amide bonds. The molecule has 1 saturated carbocycles. The van der Waals surface area contributed by atoms with Gasteiger partial charge in [-0.2, -0.15) is 5.26 Å². The fourth-order valence-corrected chi connectivity index (χ4v) is 5.07. The van der Waals surface area contributed by atoms with E-state index in [1.165, 1.54) is 61.0 Å². The van der Waals surface area contributed by atoms with Crippen LogP contribution in [0.2, 0.25) is 0 Å². The first-order valence-corrected chi connectivity index (χ1v) is 11.7. The Kier molecular flexibility index (Phi) is 7.22. The van der Waals surface area contributed by atoms with Gasteiger partial charge < -0.3 is 9.47 Å². The maximum Gasteiger partial charge on any atom is 0.118 e. The van der Waals surface area contributed by atoms with E-state index in [-0.39, 0.29) is 0 Å². The summed E-state index contributed by atoms with van der Waals surface area (Å²) in [5.41, 5.74) is 6.09. The summed E-state index contributed by atoms with van der Waals surface area (Å²) in [5.74, 6) is 0.822. The van der Waals surface area contributed by atoms with Gasteiger partial charge in [0, 0.05) is 24.2 Å². The van der Waals surface area contributed by atoms with Gasteiger partial charge >= 0.3 is 0 Å². The van der Waals surface area contributed by atoms with Gasteiger partial charge in [-0.3, -0.25) is 0 Å². The third kappa shape index (κ3) is 6.09. The number of rotatable bonds is 8. The molecule has 31 heavy (non-hydrogen) atoms. The average molecular weight is 413 g/mol. The lowest BCUT2D eigenvalue weighted by Crippen LogP contribution is -3.10. The Morgan fingerprint density at radius 3 is 2.55 bits per heavy atom. The minimum Gasteiger partial charge on any atom is -0.342 e. The van der Waals surface area contributed by atoms with Crippen LogP contribution in [0.5, 0.6) is 0 Å². The van der Waals surface area contributed by atoms with Crippen LogP contribution in [0.4, 0.5) is 0 Å². The standard InChI is InChI=1S/C28H33N3/c1-23-8-5-12-26(16-23)21-31-15-7-14-28(31)22-30(19-24-9-3-2-4-10-24)20-27-13-6-11-25(17-27)18-29/h5-8,11-17,24H,2-4,9-10,19-22H2,1H3/p+1. The van der Waals surface area contributed by atoms with E-state index >= 15 is 0 Å². The van der Waals surface area contributed by atoms with Crippen LogP contribution in [0.1, 0.15) is 60.1 Å². The summed E-state index contributed by atoms with van der Waals surface area (Å²) in [6, 6.07) is 23.7. The van der Waals surface area contributed by atoms with Crippen molar-refractivity contribution in [3.05, 3.63) is 94.8 Å². The quantitative estimate of drug-likeness (QED) is 0.562. The second-order valence-electron chi connectivity index (χ2n) is 9.24. The smallest absolute Gasteiger partial charge is 0.118 e. The molecule has 160 valence electrons. The second kappa shape index (κ2) is 10.5. The molecule has 4 rings (SSSR count). The molecule has 0 saturated heterocycles. The lowest BCUT2D eigenvalue weighted by atomic mass is 9.89. The van der Waals surface area contributed by atoms with Crippen LogP contribution >= 0.6 is 0 Å². The zero-order valence-corrected chi connectivity index (χ0v) is 18.7. The van der Waals surface area contributed by atoms with E-state index in [0.717, 1.165) is 31.1 Å². The minimum atomic E-state index is 0.761. The summed E-state index contributed by atoms with van der Waals surface area (Å²) < 4.78 is 2.40. The van der Waals surface area contributed by atoms with Crippen molar-refractivity contribution >= 4 is 0 Å². The monoisotopic (exact) mass is 412 g/mol. The van der Waals surface area contributed by atoms with Crippen molar-refractivity contribution in [3.63, 3.8) is 0 Å². The van der Waals surface area contributed by atoms with E-state index in [2.05, 4.69) is 72.3 Å². The van der Waals surface area contributed by atoms with Crippen LogP contribution in [0.15, 0.2) is 66.9 Å². The molecule has 0 radical (unpaired) electrons. The SMILES string of the molecule is Cc1cccc(Cn2cccc2C[NH+](Cc2cccc(C#N)c2)CC2CCCCC2)c1. The highest BCUT2D eigenvalue weighted by Gasteiger charge is 2.21. The number of nitrogens with zero attached hydrogens (tertiary/aromatic N) is 2. The first kappa shape index (κ1) is 21.4. The fourth-order valence-electron chi connectivity index (χ4n) is 5.07. The molecule has 3 nitrogen and oxygen atoms in total. The molecule has 1 heterocycles. The molecule has 0 spiro atoms. The van der Waals surface area contributed by atoms with Crippen molar-refractivity contribution in [2.75, 3.05) is 6.54 Å². The van der Waals surface area contributed by atoms with E-state index in [1.807, 2.05) is 12.1 Å². The summed E-state index contributed by atoms with van der Waals surface area (Å²) in [5, 5.41) is 9.30. The molecule has 1 atom stereocenters. The van der Waals surface area contributed by atoms with Crippen LogP contribution < -0.4 is 4.90 Å². The van der Waals surface area contributed by atoms with Crippen molar-refractivity contribution in [3.8, 4) is 6.07 Å². The molecule has 0 aliphatic heterocycles. The highest BCUT2D eigenvalue weighted by atomic mass is 15.1. The summed E-state index contributed by atoms with van der Waals surface area (Å²) in [4.78, 5) is 1.60. The number of quaternary nitrogens is 1. The van der Waals surface area contributed by atoms with Gasteiger partial charge in [-0.1, -0.05) is 61.2 Å². The lowest BCUT2D eigenvalue weighted by Gasteiger charge is -2.28. The highest BCUT2D eigenvalue weighted by Crippen LogP contribution is 2.22. The first-order chi connectivity index (χ1) is 15.2. The molecule has 1 unspecified atom stereocenters. The van der Waals surface area contributed by atoms with E-state index in [0.29, 0.717) is 0 Å². The Bertz CT molecular complexity index is 1020. The molecule has 0 bridgehead atoms. The van der Waals surface area contributed by atoms with Gasteiger partial charge in [-0.25, -0.2) is 0 Å². The van der Waals surface area contributed by atoms with Crippen LogP contribution in [0.3, 0.4) is 0 Å². The Labute approximate surface area is 186 Å². The Hall–Kier alpha value is -2.83. The number of aryl methyl sites for hydroxylation is 1. The molecule has 1 fully saturated rings. The minimum absolute atomic E-state index is 0.761. The number of benzene rings is 2. The van der Waals surface area contributed by atoms with E-state index in [4.69, 9.17) is 0 Å². The maximum absolute atomic E-state index is 9.30. The average Bonchev–Trinajstić information content (AvgIpc) is 3.21. The van der Waals surface area contributed by atoms with Crippen molar-refractivity contribution in [2.45, 2.75) is 58.7 Å².